The first-order valence-corrected chi connectivity index (χ1v) is 21.0. The van der Waals surface area contributed by atoms with Crippen LogP contribution in [0.3, 0.4) is 0 Å². The fourth-order valence-corrected chi connectivity index (χ4v) is 9.77. The molecule has 0 spiro atoms. The van der Waals surface area contributed by atoms with Crippen LogP contribution in [0.25, 0.3) is 22.3 Å². The van der Waals surface area contributed by atoms with Crippen LogP contribution in [0.15, 0.2) is 218 Å². The molecule has 0 saturated heterocycles. The Morgan fingerprint density at radius 3 is 1.49 bits per heavy atom. The molecule has 2 aliphatic rings. The van der Waals surface area contributed by atoms with Gasteiger partial charge in [-0.25, -0.2) is 0 Å². The van der Waals surface area contributed by atoms with Crippen molar-refractivity contribution in [2.24, 2.45) is 0 Å². The van der Waals surface area contributed by atoms with Crippen molar-refractivity contribution in [3.63, 3.8) is 0 Å². The van der Waals surface area contributed by atoms with E-state index in [-0.39, 0.29) is 10.8 Å². The lowest BCUT2D eigenvalue weighted by Crippen LogP contribution is -2.29. The van der Waals surface area contributed by atoms with Gasteiger partial charge in [-0.1, -0.05) is 166 Å². The molecule has 8 aromatic rings. The van der Waals surface area contributed by atoms with Crippen molar-refractivity contribution < 1.29 is 0 Å². The molecule has 2 nitrogen and oxygen atoms in total. The van der Waals surface area contributed by atoms with E-state index in [1.165, 1.54) is 44.5 Å². The first-order chi connectivity index (χ1) is 29.0. The Bertz CT molecular complexity index is 2710. The molecule has 286 valence electrons. The highest BCUT2D eigenvalue weighted by molar-refractivity contribution is 5.90. The van der Waals surface area contributed by atoms with E-state index in [9.17, 15) is 0 Å². The third kappa shape index (κ3) is 6.46. The lowest BCUT2D eigenvalue weighted by Gasteiger charge is -2.37. The lowest BCUT2D eigenvalue weighted by atomic mass is 9.67. The predicted octanol–water partition coefficient (Wildman–Crippen LogP) is 15.6. The molecule has 0 saturated carbocycles. The highest BCUT2D eigenvalue weighted by Crippen LogP contribution is 2.52. The van der Waals surface area contributed by atoms with Gasteiger partial charge in [0.2, 0.25) is 0 Å². The number of hydrogen-bond donors (Lipinski definition) is 0. The fraction of sp³-hybridized carbons (Fsp3) is 0.123. The highest BCUT2D eigenvalue weighted by atomic mass is 15.1. The Kier molecular flexibility index (Phi) is 9.34. The van der Waals surface area contributed by atoms with E-state index >= 15 is 0 Å². The maximum absolute atomic E-state index is 2.47. The third-order valence-electron chi connectivity index (χ3n) is 12.8. The largest absolute Gasteiger partial charge is 0.311 e. The first kappa shape index (κ1) is 36.4. The topological polar surface area (TPSA) is 6.48 Å². The Balaban J connectivity index is 1.06. The van der Waals surface area contributed by atoms with E-state index < -0.39 is 0 Å². The zero-order valence-electron chi connectivity index (χ0n) is 33.8. The number of fused-ring (bicyclic) bond motifs is 3. The molecule has 10 rings (SSSR count). The summed E-state index contributed by atoms with van der Waals surface area (Å²) in [6.07, 6.45) is 7.81. The lowest BCUT2D eigenvalue weighted by molar-refractivity contribution is 0.465. The average Bonchev–Trinajstić information content (AvgIpc) is 3.53. The Labute approximate surface area is 349 Å². The maximum Gasteiger partial charge on any atom is 0.0540 e. The molecule has 0 bridgehead atoms. The summed E-state index contributed by atoms with van der Waals surface area (Å²) >= 11 is 0. The number of allylic oxidation sites excluding steroid dienone is 2. The summed E-state index contributed by atoms with van der Waals surface area (Å²) in [7, 11) is 0. The van der Waals surface area contributed by atoms with Gasteiger partial charge in [0, 0.05) is 44.8 Å². The SMILES string of the molecule is CC1(C)c2ccccc2-c2ccc(N(c3ccc(C4(c5ccc(N(c6ccccc6)c6ccccc6)cc5)CC=CCC4)cc3)c3ccccc3-c3ccccc3)cc21. The van der Waals surface area contributed by atoms with E-state index in [4.69, 9.17) is 0 Å². The smallest absolute Gasteiger partial charge is 0.0540 e. The first-order valence-electron chi connectivity index (χ1n) is 21.0. The summed E-state index contributed by atoms with van der Waals surface area (Å²) in [5.74, 6) is 0. The van der Waals surface area contributed by atoms with Crippen LogP contribution in [-0.2, 0) is 10.8 Å². The molecule has 2 heteroatoms. The second-order valence-corrected chi connectivity index (χ2v) is 16.5. The molecule has 1 unspecified atom stereocenters. The molecular formula is C57H48N2. The van der Waals surface area contributed by atoms with E-state index in [1.807, 2.05) is 0 Å². The number of para-hydroxylation sites is 3. The number of anilines is 6. The van der Waals surface area contributed by atoms with Crippen LogP contribution in [0, 0.1) is 0 Å². The molecule has 59 heavy (non-hydrogen) atoms. The minimum absolute atomic E-state index is 0.105. The standard InChI is InChI=1S/C57H48N2/c1-56(2)53-27-15-13-26-51(53)52-38-37-49(41-54(52)56)59(55-28-16-14-25-50(55)42-19-7-3-8-20-42)48-35-31-44(32-36-48)57(39-17-6-18-40-57)43-29-33-47(34-30-43)58(45-21-9-4-10-22-45)46-23-11-5-12-24-46/h3-17,19-38,41H,18,39-40H2,1-2H3. The van der Waals surface area contributed by atoms with Gasteiger partial charge >= 0.3 is 0 Å². The molecule has 0 N–H and O–H groups in total. The molecule has 0 radical (unpaired) electrons. The molecule has 0 aliphatic heterocycles. The second-order valence-electron chi connectivity index (χ2n) is 16.5. The Hall–Kier alpha value is -6.90. The van der Waals surface area contributed by atoms with E-state index in [0.29, 0.717) is 0 Å². The predicted molar refractivity (Wildman–Crippen MR) is 249 cm³/mol. The van der Waals surface area contributed by atoms with E-state index in [2.05, 4.69) is 242 Å². The van der Waals surface area contributed by atoms with Crippen LogP contribution in [0.2, 0.25) is 0 Å². The number of nitrogens with zero attached hydrogens (tertiary/aromatic N) is 2. The molecular weight excluding hydrogens is 713 g/mol. The normalized spacial score (nSPS) is 16.2. The van der Waals surface area contributed by atoms with Crippen LogP contribution in [-0.4, -0.2) is 0 Å². The molecule has 0 amide bonds. The van der Waals surface area contributed by atoms with Gasteiger partial charge in [0.15, 0.2) is 0 Å². The van der Waals surface area contributed by atoms with Crippen LogP contribution in [0.1, 0.15) is 55.4 Å². The van der Waals surface area contributed by atoms with Gasteiger partial charge in [-0.3, -0.25) is 0 Å². The van der Waals surface area contributed by atoms with Gasteiger partial charge in [-0.15, -0.1) is 0 Å². The van der Waals surface area contributed by atoms with Crippen LogP contribution < -0.4 is 9.80 Å². The monoisotopic (exact) mass is 760 g/mol. The van der Waals surface area contributed by atoms with Gasteiger partial charge in [0.05, 0.1) is 5.69 Å². The van der Waals surface area contributed by atoms with Crippen molar-refractivity contribution in [2.75, 3.05) is 9.80 Å². The van der Waals surface area contributed by atoms with Gasteiger partial charge in [-0.2, -0.15) is 0 Å². The van der Waals surface area contributed by atoms with Crippen molar-refractivity contribution in [1.82, 2.24) is 0 Å². The number of rotatable bonds is 9. The third-order valence-corrected chi connectivity index (χ3v) is 12.8. The van der Waals surface area contributed by atoms with E-state index in [1.54, 1.807) is 0 Å². The van der Waals surface area contributed by atoms with Crippen LogP contribution in [0.4, 0.5) is 34.1 Å². The maximum atomic E-state index is 2.47. The Morgan fingerprint density at radius 1 is 0.390 bits per heavy atom. The zero-order chi connectivity index (χ0) is 39.8. The summed E-state index contributed by atoms with van der Waals surface area (Å²) in [6.45, 7) is 4.73. The molecule has 8 aromatic carbocycles. The average molecular weight is 761 g/mol. The summed E-state index contributed by atoms with van der Waals surface area (Å²) in [6, 6.07) is 75.8. The molecule has 0 heterocycles. The summed E-state index contributed by atoms with van der Waals surface area (Å²) < 4.78 is 0. The van der Waals surface area contributed by atoms with Gasteiger partial charge in [0.25, 0.3) is 0 Å². The number of hydrogen-bond acceptors (Lipinski definition) is 2. The molecule has 2 aliphatic carbocycles. The van der Waals surface area contributed by atoms with Crippen LogP contribution >= 0.6 is 0 Å². The number of benzene rings is 8. The van der Waals surface area contributed by atoms with Crippen molar-refractivity contribution in [2.45, 2.75) is 43.9 Å². The fourth-order valence-electron chi connectivity index (χ4n) is 9.77. The second kappa shape index (κ2) is 15.1. The molecule has 0 aromatic heterocycles. The summed E-state index contributed by atoms with van der Waals surface area (Å²) in [5, 5.41) is 0. The van der Waals surface area contributed by atoms with Gasteiger partial charge in [0.1, 0.15) is 0 Å². The zero-order valence-corrected chi connectivity index (χ0v) is 33.8. The van der Waals surface area contributed by atoms with Gasteiger partial charge < -0.3 is 9.80 Å². The minimum atomic E-state index is -0.133. The van der Waals surface area contributed by atoms with Crippen molar-refractivity contribution in [3.8, 4) is 22.3 Å². The van der Waals surface area contributed by atoms with E-state index in [0.717, 1.165) is 53.4 Å². The summed E-state index contributed by atoms with van der Waals surface area (Å²) in [5.41, 5.74) is 17.2. The minimum Gasteiger partial charge on any atom is -0.311 e. The van der Waals surface area contributed by atoms with Crippen molar-refractivity contribution in [3.05, 3.63) is 241 Å². The van der Waals surface area contributed by atoms with Crippen molar-refractivity contribution in [1.29, 1.82) is 0 Å². The van der Waals surface area contributed by atoms with Crippen LogP contribution in [0.5, 0.6) is 0 Å². The summed E-state index contributed by atoms with van der Waals surface area (Å²) in [4.78, 5) is 4.81. The Morgan fingerprint density at radius 2 is 0.881 bits per heavy atom. The quantitative estimate of drug-likeness (QED) is 0.135. The van der Waals surface area contributed by atoms with Gasteiger partial charge in [-0.05, 0) is 125 Å². The molecule has 0 fully saturated rings. The molecule has 1 atom stereocenters. The van der Waals surface area contributed by atoms with Crippen molar-refractivity contribution >= 4 is 34.1 Å². The highest BCUT2D eigenvalue weighted by Gasteiger charge is 2.37.